The first-order chi connectivity index (χ1) is 8.09. The van der Waals surface area contributed by atoms with Crippen LogP contribution in [-0.2, 0) is 6.54 Å². The molecule has 2 aromatic heterocycles. The van der Waals surface area contributed by atoms with E-state index in [1.165, 1.54) is 0 Å². The van der Waals surface area contributed by atoms with Gasteiger partial charge in [-0.15, -0.1) is 10.2 Å². The fourth-order valence-electron chi connectivity index (χ4n) is 1.64. The summed E-state index contributed by atoms with van der Waals surface area (Å²) in [6.45, 7) is 4.59. The molecule has 90 valence electrons. The molecule has 5 heteroatoms. The molecular weight excluding hydrogens is 238 g/mol. The minimum Gasteiger partial charge on any atom is -0.467 e. The first kappa shape index (κ1) is 11.9. The summed E-state index contributed by atoms with van der Waals surface area (Å²) in [4.78, 5) is 1.99. The van der Waals surface area contributed by atoms with E-state index in [-0.39, 0.29) is 0 Å². The van der Waals surface area contributed by atoms with E-state index < -0.39 is 0 Å². The Morgan fingerprint density at radius 2 is 2.06 bits per heavy atom. The third-order valence-corrected chi connectivity index (χ3v) is 3.13. The van der Waals surface area contributed by atoms with Crippen molar-refractivity contribution in [1.82, 2.24) is 10.2 Å². The Kier molecular flexibility index (Phi) is 3.33. The highest BCUT2D eigenvalue weighted by Gasteiger charge is 2.13. The lowest BCUT2D eigenvalue weighted by molar-refractivity contribution is 0.506. The van der Waals surface area contributed by atoms with Crippen molar-refractivity contribution in [1.29, 1.82) is 0 Å². The second kappa shape index (κ2) is 4.75. The average molecular weight is 252 g/mol. The molecule has 0 radical (unpaired) electrons. The number of rotatable bonds is 3. The molecule has 0 amide bonds. The predicted octanol–water partition coefficient (Wildman–Crippen LogP) is 2.98. The number of hydrogen-bond donors (Lipinski definition) is 0. The van der Waals surface area contributed by atoms with Crippen LogP contribution in [0.3, 0.4) is 0 Å². The van der Waals surface area contributed by atoms with E-state index in [1.807, 2.05) is 37.9 Å². The molecule has 17 heavy (non-hydrogen) atoms. The van der Waals surface area contributed by atoms with E-state index in [1.54, 1.807) is 6.26 Å². The lowest BCUT2D eigenvalue weighted by Crippen LogP contribution is -2.19. The zero-order valence-electron chi connectivity index (χ0n) is 10.1. The minimum absolute atomic E-state index is 0.456. The Labute approximate surface area is 105 Å². The van der Waals surface area contributed by atoms with Crippen molar-refractivity contribution < 1.29 is 4.42 Å². The van der Waals surface area contributed by atoms with E-state index in [0.717, 1.165) is 22.7 Å². The molecule has 0 aliphatic rings. The van der Waals surface area contributed by atoms with Gasteiger partial charge >= 0.3 is 0 Å². The van der Waals surface area contributed by atoms with Gasteiger partial charge in [0.1, 0.15) is 5.76 Å². The summed E-state index contributed by atoms with van der Waals surface area (Å²) in [7, 11) is 1.95. The third kappa shape index (κ3) is 2.42. The topological polar surface area (TPSA) is 42.2 Å². The number of halogens is 1. The highest BCUT2D eigenvalue weighted by molar-refractivity contribution is 6.30. The van der Waals surface area contributed by atoms with Gasteiger partial charge in [0.15, 0.2) is 11.0 Å². The number of hydrogen-bond acceptors (Lipinski definition) is 4. The van der Waals surface area contributed by atoms with E-state index in [2.05, 4.69) is 10.2 Å². The minimum atomic E-state index is 0.456. The molecule has 0 atom stereocenters. The molecule has 0 unspecified atom stereocenters. The van der Waals surface area contributed by atoms with E-state index in [9.17, 15) is 0 Å². The lowest BCUT2D eigenvalue weighted by atomic mass is 10.2. The van der Waals surface area contributed by atoms with Gasteiger partial charge in [0.05, 0.1) is 12.8 Å². The molecular formula is C12H14ClN3O. The fourth-order valence-corrected chi connectivity index (χ4v) is 1.82. The Morgan fingerprint density at radius 3 is 2.71 bits per heavy atom. The largest absolute Gasteiger partial charge is 0.467 e. The third-order valence-electron chi connectivity index (χ3n) is 2.77. The van der Waals surface area contributed by atoms with Gasteiger partial charge in [-0.1, -0.05) is 11.6 Å². The summed E-state index contributed by atoms with van der Waals surface area (Å²) in [6, 6.07) is 3.80. The average Bonchev–Trinajstić information content (AvgIpc) is 2.78. The maximum atomic E-state index is 5.92. The van der Waals surface area contributed by atoms with Crippen molar-refractivity contribution in [2.45, 2.75) is 20.4 Å². The molecule has 0 fully saturated rings. The molecule has 0 N–H and O–H groups in total. The number of nitrogens with zero attached hydrogens (tertiary/aromatic N) is 3. The number of furan rings is 1. The van der Waals surface area contributed by atoms with Gasteiger partial charge in [-0.25, -0.2) is 0 Å². The fraction of sp³-hybridized carbons (Fsp3) is 0.333. The van der Waals surface area contributed by atoms with Gasteiger partial charge in [0.25, 0.3) is 0 Å². The molecule has 0 saturated carbocycles. The van der Waals surface area contributed by atoms with Gasteiger partial charge in [-0.3, -0.25) is 0 Å². The van der Waals surface area contributed by atoms with Crippen molar-refractivity contribution in [2.75, 3.05) is 11.9 Å². The zero-order valence-corrected chi connectivity index (χ0v) is 10.8. The first-order valence-corrected chi connectivity index (χ1v) is 5.70. The van der Waals surface area contributed by atoms with Crippen LogP contribution in [0.2, 0.25) is 5.15 Å². The second-order valence-electron chi connectivity index (χ2n) is 4.00. The molecule has 0 saturated heterocycles. The van der Waals surface area contributed by atoms with Crippen LogP contribution in [0.25, 0.3) is 0 Å². The smallest absolute Gasteiger partial charge is 0.155 e. The normalized spacial score (nSPS) is 10.6. The zero-order chi connectivity index (χ0) is 12.4. The van der Waals surface area contributed by atoms with Crippen LogP contribution in [0.1, 0.15) is 16.9 Å². The Morgan fingerprint density at radius 1 is 1.29 bits per heavy atom. The maximum Gasteiger partial charge on any atom is 0.155 e. The highest BCUT2D eigenvalue weighted by Crippen LogP contribution is 2.23. The summed E-state index contributed by atoms with van der Waals surface area (Å²) < 4.78 is 5.30. The molecule has 0 bridgehead atoms. The molecule has 2 rings (SSSR count). The summed E-state index contributed by atoms with van der Waals surface area (Å²) in [5, 5.41) is 8.51. The van der Waals surface area contributed by atoms with Crippen LogP contribution in [0, 0.1) is 13.8 Å². The van der Waals surface area contributed by atoms with Crippen molar-refractivity contribution in [3.8, 4) is 0 Å². The van der Waals surface area contributed by atoms with Gasteiger partial charge < -0.3 is 9.32 Å². The van der Waals surface area contributed by atoms with Crippen molar-refractivity contribution >= 4 is 17.4 Å². The van der Waals surface area contributed by atoms with Crippen LogP contribution in [0.4, 0.5) is 5.82 Å². The van der Waals surface area contributed by atoms with Crippen LogP contribution >= 0.6 is 11.6 Å². The van der Waals surface area contributed by atoms with Crippen molar-refractivity contribution in [3.63, 3.8) is 0 Å². The van der Waals surface area contributed by atoms with E-state index in [4.69, 9.17) is 16.0 Å². The van der Waals surface area contributed by atoms with Crippen molar-refractivity contribution in [3.05, 3.63) is 40.4 Å². The number of aromatic nitrogens is 2. The summed E-state index contributed by atoms with van der Waals surface area (Å²) in [5.41, 5.74) is 2.00. The van der Waals surface area contributed by atoms with Gasteiger partial charge in [0, 0.05) is 7.05 Å². The Hall–Kier alpha value is -1.55. The summed E-state index contributed by atoms with van der Waals surface area (Å²) in [6.07, 6.45) is 1.66. The van der Waals surface area contributed by atoms with Gasteiger partial charge in [-0.2, -0.15) is 0 Å². The van der Waals surface area contributed by atoms with Gasteiger partial charge in [-0.05, 0) is 37.1 Å². The standard InChI is InChI=1S/C12H14ClN3O/c1-8-9(2)12(15-14-11(8)13)16(3)7-10-5-4-6-17-10/h4-6H,7H2,1-3H3. The molecule has 0 spiro atoms. The van der Waals surface area contributed by atoms with E-state index in [0.29, 0.717) is 11.7 Å². The van der Waals surface area contributed by atoms with Crippen LogP contribution in [-0.4, -0.2) is 17.2 Å². The van der Waals surface area contributed by atoms with Crippen molar-refractivity contribution in [2.24, 2.45) is 0 Å². The monoisotopic (exact) mass is 251 g/mol. The molecule has 4 nitrogen and oxygen atoms in total. The Bertz CT molecular complexity index is 511. The number of anilines is 1. The van der Waals surface area contributed by atoms with Crippen LogP contribution in [0.5, 0.6) is 0 Å². The van der Waals surface area contributed by atoms with E-state index >= 15 is 0 Å². The molecule has 2 aromatic rings. The molecule has 0 aliphatic carbocycles. The first-order valence-electron chi connectivity index (χ1n) is 5.32. The van der Waals surface area contributed by atoms with Gasteiger partial charge in [0.2, 0.25) is 0 Å². The Balaban J connectivity index is 2.25. The van der Waals surface area contributed by atoms with Crippen LogP contribution < -0.4 is 4.90 Å². The summed E-state index contributed by atoms with van der Waals surface area (Å²) in [5.74, 6) is 1.71. The molecule has 0 aromatic carbocycles. The van der Waals surface area contributed by atoms with Crippen LogP contribution in [0.15, 0.2) is 22.8 Å². The molecule has 0 aliphatic heterocycles. The second-order valence-corrected chi connectivity index (χ2v) is 4.36. The predicted molar refractivity (Wildman–Crippen MR) is 67.3 cm³/mol. The summed E-state index contributed by atoms with van der Waals surface area (Å²) >= 11 is 5.92. The molecule has 2 heterocycles. The highest BCUT2D eigenvalue weighted by atomic mass is 35.5. The maximum absolute atomic E-state index is 5.92. The quantitative estimate of drug-likeness (QED) is 0.841. The SMILES string of the molecule is Cc1c(Cl)nnc(N(C)Cc2ccco2)c1C. The lowest BCUT2D eigenvalue weighted by Gasteiger charge is -2.19.